The number of hydrogen-bond donors (Lipinski definition) is 1. The molecule has 0 atom stereocenters. The number of benzene rings is 2. The topological polar surface area (TPSA) is 25.2 Å². The highest BCUT2D eigenvalue weighted by atomic mass is 35.5. The van der Waals surface area contributed by atoms with Crippen molar-refractivity contribution < 1.29 is 5.11 Å². The number of halogens is 1. The molecule has 0 aliphatic heterocycles. The average molecular weight is 300 g/mol. The molecule has 0 bridgehead atoms. The highest BCUT2D eigenvalue weighted by Crippen LogP contribution is 2.31. The van der Waals surface area contributed by atoms with Crippen LogP contribution >= 0.6 is 11.6 Å². The van der Waals surface area contributed by atoms with E-state index in [0.29, 0.717) is 5.15 Å². The third kappa shape index (κ3) is 2.69. The van der Waals surface area contributed by atoms with E-state index < -0.39 is 0 Å². The highest BCUT2D eigenvalue weighted by Gasteiger charge is 2.14. The lowest BCUT2D eigenvalue weighted by atomic mass is 10.1. The summed E-state index contributed by atoms with van der Waals surface area (Å²) in [4.78, 5) is 0. The van der Waals surface area contributed by atoms with Crippen LogP contribution in [0.1, 0.15) is 16.7 Å². The van der Waals surface area contributed by atoms with Gasteiger partial charge in [-0.1, -0.05) is 53.6 Å². The van der Waals surface area contributed by atoms with Gasteiger partial charge in [-0.05, 0) is 31.0 Å². The van der Waals surface area contributed by atoms with Gasteiger partial charge in [-0.25, -0.2) is 0 Å². The standard InChI is InChI=1S/C18H18ClNO/c1-13-7-8-17-15(11-13)16(12-21)18(19)20(17)10-9-14-5-3-2-4-6-14/h2-8,11,21H,9-10,12H2,1H3. The first-order chi connectivity index (χ1) is 10.2. The van der Waals surface area contributed by atoms with Gasteiger partial charge in [0.05, 0.1) is 6.61 Å². The van der Waals surface area contributed by atoms with Crippen molar-refractivity contribution in [3.8, 4) is 0 Å². The van der Waals surface area contributed by atoms with Gasteiger partial charge in [0.25, 0.3) is 0 Å². The zero-order chi connectivity index (χ0) is 14.8. The quantitative estimate of drug-likeness (QED) is 0.762. The monoisotopic (exact) mass is 299 g/mol. The van der Waals surface area contributed by atoms with Crippen molar-refractivity contribution in [2.24, 2.45) is 0 Å². The molecule has 0 saturated carbocycles. The minimum Gasteiger partial charge on any atom is -0.392 e. The third-order valence-electron chi connectivity index (χ3n) is 3.88. The fraction of sp³-hybridized carbons (Fsp3) is 0.222. The van der Waals surface area contributed by atoms with Crippen molar-refractivity contribution in [3.63, 3.8) is 0 Å². The fourth-order valence-electron chi connectivity index (χ4n) is 2.76. The van der Waals surface area contributed by atoms with Gasteiger partial charge >= 0.3 is 0 Å². The van der Waals surface area contributed by atoms with Crippen LogP contribution in [-0.2, 0) is 19.6 Å². The Balaban J connectivity index is 2.00. The molecule has 1 heterocycles. The van der Waals surface area contributed by atoms with Crippen molar-refractivity contribution >= 4 is 22.5 Å². The summed E-state index contributed by atoms with van der Waals surface area (Å²) in [5, 5.41) is 11.3. The summed E-state index contributed by atoms with van der Waals surface area (Å²) in [5.74, 6) is 0. The molecule has 0 unspecified atom stereocenters. The van der Waals surface area contributed by atoms with Gasteiger partial charge in [-0.15, -0.1) is 0 Å². The Kier molecular flexibility index (Phi) is 4.00. The summed E-state index contributed by atoms with van der Waals surface area (Å²) in [7, 11) is 0. The van der Waals surface area contributed by atoms with Crippen LogP contribution in [0.2, 0.25) is 5.15 Å². The van der Waals surface area contributed by atoms with E-state index in [-0.39, 0.29) is 6.61 Å². The summed E-state index contributed by atoms with van der Waals surface area (Å²) in [6.07, 6.45) is 0.920. The maximum Gasteiger partial charge on any atom is 0.115 e. The van der Waals surface area contributed by atoms with E-state index in [2.05, 4.69) is 41.8 Å². The molecule has 21 heavy (non-hydrogen) atoms. The Morgan fingerprint density at radius 1 is 1.10 bits per heavy atom. The number of nitrogens with zero attached hydrogens (tertiary/aromatic N) is 1. The van der Waals surface area contributed by atoms with Crippen molar-refractivity contribution in [3.05, 3.63) is 70.4 Å². The van der Waals surface area contributed by atoms with E-state index in [4.69, 9.17) is 11.6 Å². The molecule has 3 rings (SSSR count). The molecule has 1 N–H and O–H groups in total. The first-order valence-corrected chi connectivity index (χ1v) is 7.50. The number of aliphatic hydroxyl groups excluding tert-OH is 1. The van der Waals surface area contributed by atoms with Crippen LogP contribution < -0.4 is 0 Å². The van der Waals surface area contributed by atoms with Crippen LogP contribution in [0, 0.1) is 6.92 Å². The Labute approximate surface area is 129 Å². The molecular weight excluding hydrogens is 282 g/mol. The molecule has 2 aromatic carbocycles. The van der Waals surface area contributed by atoms with Crippen LogP contribution in [0.25, 0.3) is 10.9 Å². The van der Waals surface area contributed by atoms with Crippen LogP contribution in [0.15, 0.2) is 48.5 Å². The average Bonchev–Trinajstić information content (AvgIpc) is 2.76. The Morgan fingerprint density at radius 3 is 2.57 bits per heavy atom. The van der Waals surface area contributed by atoms with Crippen molar-refractivity contribution in [2.45, 2.75) is 26.5 Å². The van der Waals surface area contributed by atoms with E-state index in [1.807, 2.05) is 18.2 Å². The first-order valence-electron chi connectivity index (χ1n) is 7.12. The van der Waals surface area contributed by atoms with Crippen LogP contribution in [0.3, 0.4) is 0 Å². The molecule has 108 valence electrons. The maximum atomic E-state index is 9.61. The molecule has 3 aromatic rings. The highest BCUT2D eigenvalue weighted by molar-refractivity contribution is 6.32. The number of hydrogen-bond acceptors (Lipinski definition) is 1. The van der Waals surface area contributed by atoms with Gasteiger partial charge in [0.1, 0.15) is 5.15 Å². The van der Waals surface area contributed by atoms with Crippen LogP contribution in [0.4, 0.5) is 0 Å². The zero-order valence-corrected chi connectivity index (χ0v) is 12.8. The van der Waals surface area contributed by atoms with E-state index >= 15 is 0 Å². The minimum absolute atomic E-state index is 0.0306. The smallest absolute Gasteiger partial charge is 0.115 e. The number of aryl methyl sites for hydroxylation is 3. The first kappa shape index (κ1) is 14.2. The summed E-state index contributed by atoms with van der Waals surface area (Å²) in [6, 6.07) is 16.6. The number of fused-ring (bicyclic) bond motifs is 1. The second-order valence-electron chi connectivity index (χ2n) is 5.34. The van der Waals surface area contributed by atoms with Gasteiger partial charge in [0, 0.05) is 23.0 Å². The van der Waals surface area contributed by atoms with Crippen LogP contribution in [0.5, 0.6) is 0 Å². The molecule has 0 aliphatic rings. The molecule has 0 aliphatic carbocycles. The van der Waals surface area contributed by atoms with Gasteiger partial charge in [-0.3, -0.25) is 0 Å². The lowest BCUT2D eigenvalue weighted by Crippen LogP contribution is -2.01. The van der Waals surface area contributed by atoms with E-state index in [9.17, 15) is 5.11 Å². The van der Waals surface area contributed by atoms with Gasteiger partial charge < -0.3 is 9.67 Å². The minimum atomic E-state index is -0.0306. The number of rotatable bonds is 4. The summed E-state index contributed by atoms with van der Waals surface area (Å²) >= 11 is 6.47. The molecule has 0 amide bonds. The Morgan fingerprint density at radius 2 is 1.86 bits per heavy atom. The van der Waals surface area contributed by atoms with E-state index in [1.54, 1.807) is 0 Å². The number of aliphatic hydroxyl groups is 1. The van der Waals surface area contributed by atoms with Crippen molar-refractivity contribution in [2.75, 3.05) is 0 Å². The van der Waals surface area contributed by atoms with E-state index in [1.165, 1.54) is 11.1 Å². The maximum absolute atomic E-state index is 9.61. The van der Waals surface area contributed by atoms with Gasteiger partial charge in [0.15, 0.2) is 0 Å². The predicted octanol–water partition coefficient (Wildman–Crippen LogP) is 4.34. The summed E-state index contributed by atoms with van der Waals surface area (Å²) in [6.45, 7) is 2.83. The van der Waals surface area contributed by atoms with Crippen molar-refractivity contribution in [1.29, 1.82) is 0 Å². The van der Waals surface area contributed by atoms with Crippen molar-refractivity contribution in [1.82, 2.24) is 4.57 Å². The fourth-order valence-corrected chi connectivity index (χ4v) is 3.10. The van der Waals surface area contributed by atoms with Crippen LogP contribution in [-0.4, -0.2) is 9.67 Å². The zero-order valence-electron chi connectivity index (χ0n) is 12.0. The lowest BCUT2D eigenvalue weighted by Gasteiger charge is -2.07. The third-order valence-corrected chi connectivity index (χ3v) is 4.31. The van der Waals surface area contributed by atoms with E-state index in [0.717, 1.165) is 29.4 Å². The predicted molar refractivity (Wildman–Crippen MR) is 87.8 cm³/mol. The Bertz CT molecular complexity index is 762. The molecule has 0 saturated heterocycles. The normalized spacial score (nSPS) is 11.2. The Hall–Kier alpha value is -1.77. The molecule has 2 nitrogen and oxygen atoms in total. The molecule has 0 radical (unpaired) electrons. The molecule has 3 heteroatoms. The second kappa shape index (κ2) is 5.92. The molecule has 0 fully saturated rings. The van der Waals surface area contributed by atoms with Gasteiger partial charge in [0.2, 0.25) is 0 Å². The molecule has 1 aromatic heterocycles. The largest absolute Gasteiger partial charge is 0.392 e. The number of aromatic nitrogens is 1. The second-order valence-corrected chi connectivity index (χ2v) is 5.69. The lowest BCUT2D eigenvalue weighted by molar-refractivity contribution is 0.283. The molecule has 0 spiro atoms. The molecular formula is C18H18ClNO. The summed E-state index contributed by atoms with van der Waals surface area (Å²) < 4.78 is 2.09. The SMILES string of the molecule is Cc1ccc2c(c1)c(CO)c(Cl)n2CCc1ccccc1. The summed E-state index contributed by atoms with van der Waals surface area (Å²) in [5.41, 5.74) is 4.37. The van der Waals surface area contributed by atoms with Gasteiger partial charge in [-0.2, -0.15) is 0 Å².